The molecule has 1 saturated heterocycles. The van der Waals surface area contributed by atoms with Crippen LogP contribution in [0.3, 0.4) is 0 Å². The first-order valence-electron chi connectivity index (χ1n) is 7.97. The maximum Gasteiger partial charge on any atom is 0.254 e. The first kappa shape index (κ1) is 17.0. The standard InChI is InChI=1S/C19H21NO3S/c1-24-18-8-6-15(7-9-18)14-2-4-16(5-3-14)19(22)20-10-11-23-13-17(20)12-21/h2-9,17,21H,10-13H2,1H3. The third-order valence-corrected chi connectivity index (χ3v) is 5.00. The summed E-state index contributed by atoms with van der Waals surface area (Å²) in [6.07, 6.45) is 2.06. The summed E-state index contributed by atoms with van der Waals surface area (Å²) in [5.74, 6) is -0.0540. The van der Waals surface area contributed by atoms with E-state index >= 15 is 0 Å². The van der Waals surface area contributed by atoms with E-state index in [-0.39, 0.29) is 18.6 Å². The quantitative estimate of drug-likeness (QED) is 0.867. The molecule has 2 aromatic rings. The fraction of sp³-hybridized carbons (Fsp3) is 0.316. The summed E-state index contributed by atoms with van der Waals surface area (Å²) in [6, 6.07) is 15.8. The van der Waals surface area contributed by atoms with Crippen molar-refractivity contribution in [1.82, 2.24) is 4.90 Å². The number of carbonyl (C=O) groups excluding carboxylic acids is 1. The Kier molecular flexibility index (Phi) is 5.56. The Hall–Kier alpha value is -1.82. The van der Waals surface area contributed by atoms with Gasteiger partial charge in [0.15, 0.2) is 0 Å². The molecule has 2 aromatic carbocycles. The highest BCUT2D eigenvalue weighted by molar-refractivity contribution is 7.98. The van der Waals surface area contributed by atoms with Gasteiger partial charge in [0.05, 0.1) is 25.9 Å². The Balaban J connectivity index is 1.76. The predicted molar refractivity (Wildman–Crippen MR) is 96.4 cm³/mol. The predicted octanol–water partition coefficient (Wildman–Crippen LogP) is 2.91. The zero-order valence-electron chi connectivity index (χ0n) is 13.6. The van der Waals surface area contributed by atoms with Crippen LogP contribution in [0.15, 0.2) is 53.4 Å². The summed E-state index contributed by atoms with van der Waals surface area (Å²) in [6.45, 7) is 1.35. The molecule has 5 heteroatoms. The molecule has 24 heavy (non-hydrogen) atoms. The highest BCUT2D eigenvalue weighted by atomic mass is 32.2. The fourth-order valence-corrected chi connectivity index (χ4v) is 3.24. The number of thioether (sulfide) groups is 1. The minimum atomic E-state index is -0.259. The minimum Gasteiger partial charge on any atom is -0.394 e. The number of carbonyl (C=O) groups is 1. The molecule has 1 aliphatic rings. The number of benzene rings is 2. The zero-order chi connectivity index (χ0) is 16.9. The van der Waals surface area contributed by atoms with Crippen LogP contribution in [0.5, 0.6) is 0 Å². The van der Waals surface area contributed by atoms with E-state index in [1.54, 1.807) is 16.7 Å². The van der Waals surface area contributed by atoms with Crippen LogP contribution in [0.25, 0.3) is 11.1 Å². The molecule has 126 valence electrons. The van der Waals surface area contributed by atoms with Crippen molar-refractivity contribution in [3.05, 3.63) is 54.1 Å². The third kappa shape index (κ3) is 3.64. The summed E-state index contributed by atoms with van der Waals surface area (Å²) in [4.78, 5) is 15.6. The average Bonchev–Trinajstić information content (AvgIpc) is 2.67. The number of hydrogen-bond donors (Lipinski definition) is 1. The van der Waals surface area contributed by atoms with Gasteiger partial charge in [0.2, 0.25) is 0 Å². The van der Waals surface area contributed by atoms with Crippen LogP contribution in [-0.2, 0) is 4.74 Å². The number of ether oxygens (including phenoxy) is 1. The van der Waals surface area contributed by atoms with Crippen LogP contribution in [0.4, 0.5) is 0 Å². The zero-order valence-corrected chi connectivity index (χ0v) is 14.5. The molecule has 0 spiro atoms. The van der Waals surface area contributed by atoms with E-state index in [2.05, 4.69) is 30.5 Å². The van der Waals surface area contributed by atoms with E-state index in [1.165, 1.54) is 4.90 Å². The normalized spacial score (nSPS) is 17.8. The van der Waals surface area contributed by atoms with Gasteiger partial charge in [-0.1, -0.05) is 24.3 Å². The average molecular weight is 343 g/mol. The van der Waals surface area contributed by atoms with Gasteiger partial charge in [-0.15, -0.1) is 11.8 Å². The molecule has 0 aromatic heterocycles. The van der Waals surface area contributed by atoms with Crippen molar-refractivity contribution in [2.24, 2.45) is 0 Å². The number of amides is 1. The lowest BCUT2D eigenvalue weighted by atomic mass is 10.0. The fourth-order valence-electron chi connectivity index (χ4n) is 2.83. The molecule has 1 N–H and O–H groups in total. The first-order chi connectivity index (χ1) is 11.7. The second-order valence-electron chi connectivity index (χ2n) is 5.72. The SMILES string of the molecule is CSc1ccc(-c2ccc(C(=O)N3CCOCC3CO)cc2)cc1. The number of aliphatic hydroxyl groups is 1. The van der Waals surface area contributed by atoms with Crippen molar-refractivity contribution < 1.29 is 14.6 Å². The van der Waals surface area contributed by atoms with E-state index in [9.17, 15) is 9.90 Å². The van der Waals surface area contributed by atoms with Gasteiger partial charge < -0.3 is 14.7 Å². The molecule has 3 rings (SSSR count). The van der Waals surface area contributed by atoms with Crippen LogP contribution in [-0.4, -0.2) is 54.6 Å². The van der Waals surface area contributed by atoms with Crippen LogP contribution in [0.1, 0.15) is 10.4 Å². The second kappa shape index (κ2) is 7.83. The van der Waals surface area contributed by atoms with E-state index in [4.69, 9.17) is 4.74 Å². The van der Waals surface area contributed by atoms with Gasteiger partial charge in [-0.05, 0) is 41.6 Å². The Bertz CT molecular complexity index is 685. The van der Waals surface area contributed by atoms with Crippen molar-refractivity contribution in [3.63, 3.8) is 0 Å². The summed E-state index contributed by atoms with van der Waals surface area (Å²) >= 11 is 1.72. The maximum atomic E-state index is 12.7. The molecule has 0 aliphatic carbocycles. The van der Waals surface area contributed by atoms with Crippen molar-refractivity contribution in [2.45, 2.75) is 10.9 Å². The highest BCUT2D eigenvalue weighted by Gasteiger charge is 2.27. The smallest absolute Gasteiger partial charge is 0.254 e. The second-order valence-corrected chi connectivity index (χ2v) is 6.60. The topological polar surface area (TPSA) is 49.8 Å². The molecule has 0 saturated carbocycles. The van der Waals surface area contributed by atoms with E-state index < -0.39 is 0 Å². The number of hydrogen-bond acceptors (Lipinski definition) is 4. The monoisotopic (exact) mass is 343 g/mol. The molecule has 0 radical (unpaired) electrons. The number of aliphatic hydroxyl groups excluding tert-OH is 1. The Morgan fingerprint density at radius 2 is 1.79 bits per heavy atom. The van der Waals surface area contributed by atoms with E-state index in [0.717, 1.165) is 11.1 Å². The number of morpholine rings is 1. The molecule has 0 bridgehead atoms. The Labute approximate surface area is 146 Å². The number of rotatable bonds is 4. The van der Waals surface area contributed by atoms with E-state index in [1.807, 2.05) is 24.3 Å². The van der Waals surface area contributed by atoms with Gasteiger partial charge in [-0.3, -0.25) is 4.79 Å². The summed E-state index contributed by atoms with van der Waals surface area (Å²) in [7, 11) is 0. The van der Waals surface area contributed by atoms with Gasteiger partial charge in [0, 0.05) is 17.0 Å². The van der Waals surface area contributed by atoms with E-state index in [0.29, 0.717) is 25.3 Å². The van der Waals surface area contributed by atoms with Crippen molar-refractivity contribution in [2.75, 3.05) is 32.6 Å². The molecule has 4 nitrogen and oxygen atoms in total. The molecule has 1 aliphatic heterocycles. The van der Waals surface area contributed by atoms with Gasteiger partial charge in [-0.25, -0.2) is 0 Å². The van der Waals surface area contributed by atoms with Crippen molar-refractivity contribution >= 4 is 17.7 Å². The van der Waals surface area contributed by atoms with Gasteiger partial charge in [0.25, 0.3) is 5.91 Å². The third-order valence-electron chi connectivity index (χ3n) is 4.25. The van der Waals surface area contributed by atoms with Crippen LogP contribution in [0.2, 0.25) is 0 Å². The van der Waals surface area contributed by atoms with Gasteiger partial charge >= 0.3 is 0 Å². The minimum absolute atomic E-state index is 0.0540. The lowest BCUT2D eigenvalue weighted by Gasteiger charge is -2.34. The van der Waals surface area contributed by atoms with Gasteiger partial charge in [0.1, 0.15) is 0 Å². The van der Waals surface area contributed by atoms with Crippen molar-refractivity contribution in [3.8, 4) is 11.1 Å². The van der Waals surface area contributed by atoms with Crippen molar-refractivity contribution in [1.29, 1.82) is 0 Å². The summed E-state index contributed by atoms with van der Waals surface area (Å²) in [5.41, 5.74) is 2.85. The Morgan fingerprint density at radius 1 is 1.17 bits per heavy atom. The Morgan fingerprint density at radius 3 is 2.38 bits per heavy atom. The lowest BCUT2D eigenvalue weighted by Crippen LogP contribution is -2.50. The summed E-state index contributed by atoms with van der Waals surface area (Å²) < 4.78 is 5.33. The highest BCUT2D eigenvalue weighted by Crippen LogP contribution is 2.24. The molecular formula is C19H21NO3S. The first-order valence-corrected chi connectivity index (χ1v) is 9.19. The molecule has 1 unspecified atom stereocenters. The van der Waals surface area contributed by atoms with Crippen LogP contribution in [0, 0.1) is 0 Å². The van der Waals surface area contributed by atoms with Crippen LogP contribution >= 0.6 is 11.8 Å². The lowest BCUT2D eigenvalue weighted by molar-refractivity contribution is -0.0183. The number of nitrogens with zero attached hydrogens (tertiary/aromatic N) is 1. The summed E-state index contributed by atoms with van der Waals surface area (Å²) in [5, 5.41) is 9.42. The van der Waals surface area contributed by atoms with Crippen LogP contribution < -0.4 is 0 Å². The molecule has 1 fully saturated rings. The molecule has 1 heterocycles. The maximum absolute atomic E-state index is 12.7. The molecule has 1 amide bonds. The van der Waals surface area contributed by atoms with Gasteiger partial charge in [-0.2, -0.15) is 0 Å². The molecule has 1 atom stereocenters. The molecular weight excluding hydrogens is 322 g/mol. The largest absolute Gasteiger partial charge is 0.394 e.